The van der Waals surface area contributed by atoms with Crippen molar-refractivity contribution in [1.82, 2.24) is 15.2 Å². The third-order valence-corrected chi connectivity index (χ3v) is 5.55. The predicted molar refractivity (Wildman–Crippen MR) is 114 cm³/mol. The molecule has 2 atom stereocenters. The number of thiocarbonyl (C=S) groups is 1. The van der Waals surface area contributed by atoms with Crippen LogP contribution in [0.25, 0.3) is 11.3 Å². The van der Waals surface area contributed by atoms with Crippen LogP contribution in [-0.2, 0) is 0 Å². The maximum absolute atomic E-state index is 11.2. The molecule has 0 amide bonds. The Morgan fingerprint density at radius 2 is 2.10 bits per heavy atom. The van der Waals surface area contributed by atoms with Crippen molar-refractivity contribution in [3.05, 3.63) is 77.3 Å². The minimum absolute atomic E-state index is 0.113. The van der Waals surface area contributed by atoms with Gasteiger partial charge in [0.1, 0.15) is 17.6 Å². The molecule has 0 spiro atoms. The second-order valence-corrected chi connectivity index (χ2v) is 7.34. The molecule has 1 saturated heterocycles. The SMILES string of the molecule is CCN1C(=S)N[C@@H](c2ccccn2)[C@@H]1c1ccc(-c2ccc(C(=O)O)cc2C)o1. The van der Waals surface area contributed by atoms with Crippen molar-refractivity contribution in [3.8, 4) is 11.3 Å². The van der Waals surface area contributed by atoms with E-state index in [1.165, 1.54) is 0 Å². The summed E-state index contributed by atoms with van der Waals surface area (Å²) in [5, 5.41) is 13.2. The van der Waals surface area contributed by atoms with Crippen LogP contribution < -0.4 is 5.32 Å². The molecule has 1 aliphatic rings. The summed E-state index contributed by atoms with van der Waals surface area (Å²) in [5.41, 5.74) is 2.87. The van der Waals surface area contributed by atoms with Crippen LogP contribution in [0.2, 0.25) is 0 Å². The molecule has 0 saturated carbocycles. The maximum Gasteiger partial charge on any atom is 0.335 e. The van der Waals surface area contributed by atoms with Gasteiger partial charge in [0.2, 0.25) is 0 Å². The van der Waals surface area contributed by atoms with Crippen molar-refractivity contribution in [1.29, 1.82) is 0 Å². The summed E-state index contributed by atoms with van der Waals surface area (Å²) < 4.78 is 6.25. The van der Waals surface area contributed by atoms with Crippen molar-refractivity contribution in [2.24, 2.45) is 0 Å². The number of carboxylic acids is 1. The lowest BCUT2D eigenvalue weighted by molar-refractivity contribution is 0.0697. The van der Waals surface area contributed by atoms with Crippen LogP contribution in [0.15, 0.2) is 59.1 Å². The fraction of sp³-hybridized carbons (Fsp3) is 0.227. The lowest BCUT2D eigenvalue weighted by Gasteiger charge is -2.24. The van der Waals surface area contributed by atoms with Gasteiger partial charge in [0.15, 0.2) is 5.11 Å². The topological polar surface area (TPSA) is 78.6 Å². The van der Waals surface area contributed by atoms with E-state index in [0.717, 1.165) is 29.1 Å². The molecule has 2 N–H and O–H groups in total. The van der Waals surface area contributed by atoms with Crippen molar-refractivity contribution in [3.63, 3.8) is 0 Å². The quantitative estimate of drug-likeness (QED) is 0.609. The van der Waals surface area contributed by atoms with E-state index in [9.17, 15) is 9.90 Å². The van der Waals surface area contributed by atoms with Crippen LogP contribution in [0.5, 0.6) is 0 Å². The summed E-state index contributed by atoms with van der Waals surface area (Å²) in [7, 11) is 0. The van der Waals surface area contributed by atoms with Crippen LogP contribution >= 0.6 is 12.2 Å². The zero-order valence-electron chi connectivity index (χ0n) is 16.1. The smallest absolute Gasteiger partial charge is 0.335 e. The first-order valence-electron chi connectivity index (χ1n) is 9.41. The number of aryl methyl sites for hydroxylation is 1. The molecular formula is C22H21N3O3S. The fourth-order valence-corrected chi connectivity index (χ4v) is 4.15. The standard InChI is InChI=1S/C22H21N3O3S/c1-3-25-20(19(24-22(25)29)16-6-4-5-11-23-16)18-10-9-17(28-18)15-8-7-14(21(26)27)12-13(15)2/h4-12,19-20H,3H2,1-2H3,(H,24,29)(H,26,27)/t19-,20-/m0/s1. The van der Waals surface area contributed by atoms with E-state index >= 15 is 0 Å². The second kappa shape index (κ2) is 7.67. The van der Waals surface area contributed by atoms with Gasteiger partial charge in [-0.3, -0.25) is 4.98 Å². The molecule has 1 fully saturated rings. The van der Waals surface area contributed by atoms with Crippen molar-refractivity contribution in [2.75, 3.05) is 6.54 Å². The van der Waals surface area contributed by atoms with Gasteiger partial charge in [0, 0.05) is 18.3 Å². The molecular weight excluding hydrogens is 386 g/mol. The van der Waals surface area contributed by atoms with E-state index in [2.05, 4.69) is 22.1 Å². The number of benzene rings is 1. The van der Waals surface area contributed by atoms with Crippen molar-refractivity contribution >= 4 is 23.3 Å². The number of pyridine rings is 1. The number of nitrogens with one attached hydrogen (secondary N) is 1. The number of hydrogen-bond acceptors (Lipinski definition) is 4. The number of hydrogen-bond donors (Lipinski definition) is 2. The molecule has 3 heterocycles. The van der Waals surface area contributed by atoms with Crippen LogP contribution in [0.1, 0.15) is 46.4 Å². The molecule has 29 heavy (non-hydrogen) atoms. The maximum atomic E-state index is 11.2. The Labute approximate surface area is 174 Å². The highest BCUT2D eigenvalue weighted by molar-refractivity contribution is 7.80. The van der Waals surface area contributed by atoms with E-state index < -0.39 is 5.97 Å². The van der Waals surface area contributed by atoms with E-state index in [1.807, 2.05) is 37.3 Å². The summed E-state index contributed by atoms with van der Waals surface area (Å²) in [4.78, 5) is 17.8. The van der Waals surface area contributed by atoms with E-state index in [-0.39, 0.29) is 17.6 Å². The molecule has 1 aliphatic heterocycles. The van der Waals surface area contributed by atoms with Gasteiger partial charge in [-0.05, 0) is 68.0 Å². The Morgan fingerprint density at radius 3 is 2.76 bits per heavy atom. The zero-order valence-corrected chi connectivity index (χ0v) is 16.9. The van der Waals surface area contributed by atoms with Crippen molar-refractivity contribution < 1.29 is 14.3 Å². The first-order valence-corrected chi connectivity index (χ1v) is 9.82. The van der Waals surface area contributed by atoms with Gasteiger partial charge in [-0.25, -0.2) is 4.79 Å². The molecule has 0 bridgehead atoms. The van der Waals surface area contributed by atoms with Gasteiger partial charge in [-0.1, -0.05) is 12.1 Å². The normalized spacial score (nSPS) is 18.7. The summed E-state index contributed by atoms with van der Waals surface area (Å²) in [6, 6.07) is 14.5. The van der Waals surface area contributed by atoms with Gasteiger partial charge in [-0.15, -0.1) is 0 Å². The predicted octanol–water partition coefficient (Wildman–Crippen LogP) is 4.34. The van der Waals surface area contributed by atoms with Crippen LogP contribution in [0.4, 0.5) is 0 Å². The molecule has 4 rings (SSSR count). The number of nitrogens with zero attached hydrogens (tertiary/aromatic N) is 2. The molecule has 0 radical (unpaired) electrons. The Hall–Kier alpha value is -3.19. The summed E-state index contributed by atoms with van der Waals surface area (Å²) in [6.45, 7) is 4.67. The molecule has 3 aromatic rings. The van der Waals surface area contributed by atoms with Crippen molar-refractivity contribution in [2.45, 2.75) is 25.9 Å². The van der Waals surface area contributed by atoms with Gasteiger partial charge < -0.3 is 19.7 Å². The van der Waals surface area contributed by atoms with E-state index in [1.54, 1.807) is 24.4 Å². The first-order chi connectivity index (χ1) is 14.0. The molecule has 148 valence electrons. The number of aromatic nitrogens is 1. The Bertz CT molecular complexity index is 1060. The third kappa shape index (κ3) is 3.49. The molecule has 2 aromatic heterocycles. The van der Waals surface area contributed by atoms with Crippen LogP contribution in [-0.4, -0.2) is 32.6 Å². The minimum atomic E-state index is -0.942. The molecule has 1 aromatic carbocycles. The Morgan fingerprint density at radius 1 is 1.28 bits per heavy atom. The number of carboxylic acid groups (broad SMARTS) is 1. The van der Waals surface area contributed by atoms with Crippen LogP contribution in [0.3, 0.4) is 0 Å². The number of carbonyl (C=O) groups is 1. The molecule has 0 unspecified atom stereocenters. The number of likely N-dealkylation sites (N-methyl/N-ethyl adjacent to an activating group) is 1. The molecule has 6 nitrogen and oxygen atoms in total. The van der Waals surface area contributed by atoms with Gasteiger partial charge in [-0.2, -0.15) is 0 Å². The Balaban J connectivity index is 1.71. The largest absolute Gasteiger partial charge is 0.478 e. The average Bonchev–Trinajstić information content (AvgIpc) is 3.32. The van der Waals surface area contributed by atoms with E-state index in [0.29, 0.717) is 10.9 Å². The highest BCUT2D eigenvalue weighted by Gasteiger charge is 2.40. The molecule has 0 aliphatic carbocycles. The average molecular weight is 407 g/mol. The number of furan rings is 1. The summed E-state index contributed by atoms with van der Waals surface area (Å²) in [5.74, 6) is 0.539. The first kappa shape index (κ1) is 19.1. The molecule has 7 heteroatoms. The lowest BCUT2D eigenvalue weighted by atomic mass is 10.0. The van der Waals surface area contributed by atoms with E-state index in [4.69, 9.17) is 16.6 Å². The number of aromatic carboxylic acids is 1. The summed E-state index contributed by atoms with van der Waals surface area (Å²) >= 11 is 5.54. The van der Waals surface area contributed by atoms with Gasteiger partial charge in [0.25, 0.3) is 0 Å². The van der Waals surface area contributed by atoms with Gasteiger partial charge in [0.05, 0.1) is 17.3 Å². The zero-order chi connectivity index (χ0) is 20.5. The van der Waals surface area contributed by atoms with Crippen LogP contribution in [0, 0.1) is 6.92 Å². The third-order valence-electron chi connectivity index (χ3n) is 5.20. The highest BCUT2D eigenvalue weighted by Crippen LogP contribution is 2.40. The fourth-order valence-electron chi connectivity index (χ4n) is 3.78. The Kier molecular flexibility index (Phi) is 5.07. The monoisotopic (exact) mass is 407 g/mol. The minimum Gasteiger partial charge on any atom is -0.478 e. The second-order valence-electron chi connectivity index (χ2n) is 6.95. The summed E-state index contributed by atoms with van der Waals surface area (Å²) in [6.07, 6.45) is 1.77. The number of rotatable bonds is 5. The highest BCUT2D eigenvalue weighted by atomic mass is 32.1. The lowest BCUT2D eigenvalue weighted by Crippen LogP contribution is -2.29. The van der Waals surface area contributed by atoms with Gasteiger partial charge >= 0.3 is 5.97 Å².